The molecule has 1 atom stereocenters. The highest BCUT2D eigenvalue weighted by atomic mass is 35.5. The molecule has 1 aliphatic carbocycles. The molecule has 2 aromatic heterocycles. The van der Waals surface area contributed by atoms with Gasteiger partial charge in [-0.15, -0.1) is 21.5 Å². The second-order valence-corrected chi connectivity index (χ2v) is 11.9. The van der Waals surface area contributed by atoms with Gasteiger partial charge in [0.2, 0.25) is 5.91 Å². The molecular weight excluding hydrogens is 544 g/mol. The highest BCUT2D eigenvalue weighted by molar-refractivity contribution is 7.99. The highest BCUT2D eigenvalue weighted by Gasteiger charge is 2.28. The van der Waals surface area contributed by atoms with Gasteiger partial charge in [0.1, 0.15) is 10.8 Å². The molecule has 11 heteroatoms. The molecule has 3 aromatic rings. The number of carbonyl (C=O) groups excluding carboxylic acids is 2. The van der Waals surface area contributed by atoms with Crippen molar-refractivity contribution in [3.63, 3.8) is 0 Å². The second kappa shape index (κ2) is 12.5. The van der Waals surface area contributed by atoms with Crippen molar-refractivity contribution < 1.29 is 19.1 Å². The zero-order valence-corrected chi connectivity index (χ0v) is 24.7. The maximum absolute atomic E-state index is 13.0. The molecule has 8 nitrogen and oxygen atoms in total. The number of nitrogens with zero attached hydrogens (tertiary/aromatic N) is 3. The van der Waals surface area contributed by atoms with Crippen LogP contribution in [0.5, 0.6) is 5.75 Å². The minimum absolute atomic E-state index is 0.130. The average molecular weight is 577 g/mol. The van der Waals surface area contributed by atoms with E-state index in [1.54, 1.807) is 6.07 Å². The van der Waals surface area contributed by atoms with Crippen molar-refractivity contribution in [3.05, 3.63) is 50.6 Å². The molecule has 204 valence electrons. The molecule has 0 fully saturated rings. The maximum atomic E-state index is 13.0. The standard InChI is InChI=1S/C27H33ClN4O4S2/c1-6-32-24(17(5)36-20-12-11-18(28)13-16(20)4)30-31-27(32)37-14-22(33)29-25-23(26(34)35-15(2)3)19-9-7-8-10-21(19)38-25/h11-13,15,17H,6-10,14H2,1-5H3,(H,29,33). The van der Waals surface area contributed by atoms with Gasteiger partial charge in [0.05, 0.1) is 17.4 Å². The minimum atomic E-state index is -0.373. The molecule has 1 unspecified atom stereocenters. The number of ether oxygens (including phenoxy) is 2. The lowest BCUT2D eigenvalue weighted by Gasteiger charge is -2.17. The van der Waals surface area contributed by atoms with Gasteiger partial charge in [-0.2, -0.15) is 0 Å². The third-order valence-corrected chi connectivity index (χ3v) is 8.58. The van der Waals surface area contributed by atoms with E-state index in [0.29, 0.717) is 33.1 Å². The van der Waals surface area contributed by atoms with E-state index in [4.69, 9.17) is 21.1 Å². The number of anilines is 1. The summed E-state index contributed by atoms with van der Waals surface area (Å²) in [5, 5.41) is 13.5. The van der Waals surface area contributed by atoms with Crippen LogP contribution in [-0.2, 0) is 28.9 Å². The third kappa shape index (κ3) is 6.52. The van der Waals surface area contributed by atoms with E-state index in [0.717, 1.165) is 47.4 Å². The number of nitrogens with one attached hydrogen (secondary N) is 1. The number of thiophene rings is 1. The fourth-order valence-electron chi connectivity index (χ4n) is 4.43. The number of hydrogen-bond donors (Lipinski definition) is 1. The number of aryl methyl sites for hydroxylation is 2. The molecular formula is C27H33ClN4O4S2. The van der Waals surface area contributed by atoms with Crippen molar-refractivity contribution in [2.75, 3.05) is 11.1 Å². The number of rotatable bonds is 10. The molecule has 1 aromatic carbocycles. The van der Waals surface area contributed by atoms with Gasteiger partial charge in [-0.3, -0.25) is 4.79 Å². The van der Waals surface area contributed by atoms with E-state index in [1.807, 2.05) is 51.3 Å². The topological polar surface area (TPSA) is 95.3 Å². The maximum Gasteiger partial charge on any atom is 0.341 e. The van der Waals surface area contributed by atoms with E-state index < -0.39 is 0 Å². The van der Waals surface area contributed by atoms with Crippen molar-refractivity contribution in [1.82, 2.24) is 14.8 Å². The van der Waals surface area contributed by atoms with Crippen LogP contribution in [0.3, 0.4) is 0 Å². The molecule has 0 saturated carbocycles. The Bertz CT molecular complexity index is 1320. The predicted molar refractivity (Wildman–Crippen MR) is 152 cm³/mol. The Labute approximate surface area is 236 Å². The molecule has 0 saturated heterocycles. The van der Waals surface area contributed by atoms with Crippen molar-refractivity contribution >= 4 is 51.6 Å². The van der Waals surface area contributed by atoms with Crippen molar-refractivity contribution in [1.29, 1.82) is 0 Å². The number of halogens is 1. The van der Waals surface area contributed by atoms with Gasteiger partial charge in [0.15, 0.2) is 17.1 Å². The lowest BCUT2D eigenvalue weighted by molar-refractivity contribution is -0.113. The molecule has 1 aliphatic rings. The predicted octanol–water partition coefficient (Wildman–Crippen LogP) is 6.64. The summed E-state index contributed by atoms with van der Waals surface area (Å²) in [4.78, 5) is 27.0. The van der Waals surface area contributed by atoms with Crippen LogP contribution in [-0.4, -0.2) is 38.5 Å². The van der Waals surface area contributed by atoms with E-state index in [-0.39, 0.29) is 29.8 Å². The Hall–Kier alpha value is -2.56. The smallest absolute Gasteiger partial charge is 0.341 e. The van der Waals surface area contributed by atoms with Crippen LogP contribution in [0.2, 0.25) is 5.02 Å². The summed E-state index contributed by atoms with van der Waals surface area (Å²) in [7, 11) is 0. The summed E-state index contributed by atoms with van der Waals surface area (Å²) in [5.74, 6) is 0.953. The van der Waals surface area contributed by atoms with Crippen LogP contribution >= 0.6 is 34.7 Å². The van der Waals surface area contributed by atoms with Gasteiger partial charge in [0, 0.05) is 16.4 Å². The molecule has 0 radical (unpaired) electrons. The Balaban J connectivity index is 1.44. The monoisotopic (exact) mass is 576 g/mol. The molecule has 0 bridgehead atoms. The summed E-state index contributed by atoms with van der Waals surface area (Å²) in [6.07, 6.45) is 3.29. The fraction of sp³-hybridized carbons (Fsp3) is 0.481. The summed E-state index contributed by atoms with van der Waals surface area (Å²) in [6, 6.07) is 5.49. The lowest BCUT2D eigenvalue weighted by Crippen LogP contribution is -2.19. The third-order valence-electron chi connectivity index (χ3n) is 6.17. The first-order valence-electron chi connectivity index (χ1n) is 12.8. The molecule has 0 spiro atoms. The van der Waals surface area contributed by atoms with Crippen LogP contribution in [0.25, 0.3) is 0 Å². The summed E-state index contributed by atoms with van der Waals surface area (Å²) in [6.45, 7) is 10.1. The molecule has 1 N–H and O–H groups in total. The van der Waals surface area contributed by atoms with Gasteiger partial charge in [-0.25, -0.2) is 4.79 Å². The number of benzene rings is 1. The molecule has 2 heterocycles. The zero-order valence-electron chi connectivity index (χ0n) is 22.3. The quantitative estimate of drug-likeness (QED) is 0.213. The second-order valence-electron chi connectivity index (χ2n) is 9.46. The normalized spacial score (nSPS) is 13.8. The van der Waals surface area contributed by atoms with Crippen LogP contribution in [0.15, 0.2) is 23.4 Å². The van der Waals surface area contributed by atoms with Crippen molar-refractivity contribution in [2.24, 2.45) is 0 Å². The van der Waals surface area contributed by atoms with Crippen LogP contribution in [0.1, 0.15) is 78.8 Å². The first-order chi connectivity index (χ1) is 18.2. The van der Waals surface area contributed by atoms with Crippen LogP contribution in [0, 0.1) is 6.92 Å². The summed E-state index contributed by atoms with van der Waals surface area (Å²) >= 11 is 8.85. The molecule has 4 rings (SSSR count). The number of esters is 1. The average Bonchev–Trinajstić information content (AvgIpc) is 3.44. The van der Waals surface area contributed by atoms with Gasteiger partial charge >= 0.3 is 5.97 Å². The first kappa shape index (κ1) is 28.4. The molecule has 0 aliphatic heterocycles. The molecule has 38 heavy (non-hydrogen) atoms. The Morgan fingerprint density at radius 3 is 2.68 bits per heavy atom. The largest absolute Gasteiger partial charge is 0.482 e. The number of hydrogen-bond acceptors (Lipinski definition) is 8. The van der Waals surface area contributed by atoms with Crippen molar-refractivity contribution in [2.45, 2.75) is 84.2 Å². The van der Waals surface area contributed by atoms with Crippen LogP contribution < -0.4 is 10.1 Å². The number of fused-ring (bicyclic) bond motifs is 1. The highest BCUT2D eigenvalue weighted by Crippen LogP contribution is 2.39. The van der Waals surface area contributed by atoms with Gasteiger partial charge < -0.3 is 19.4 Å². The SMILES string of the molecule is CCn1c(SCC(=O)Nc2sc3c(c2C(=O)OC(C)C)CCCC3)nnc1C(C)Oc1ccc(Cl)cc1C. The van der Waals surface area contributed by atoms with E-state index in [9.17, 15) is 9.59 Å². The van der Waals surface area contributed by atoms with Crippen molar-refractivity contribution in [3.8, 4) is 5.75 Å². The zero-order chi connectivity index (χ0) is 27.4. The van der Waals surface area contributed by atoms with Gasteiger partial charge in [-0.1, -0.05) is 23.4 Å². The summed E-state index contributed by atoms with van der Waals surface area (Å²) < 4.78 is 13.6. The van der Waals surface area contributed by atoms with Crippen LogP contribution in [0.4, 0.5) is 5.00 Å². The van der Waals surface area contributed by atoms with Gasteiger partial charge in [0.25, 0.3) is 0 Å². The number of carbonyl (C=O) groups is 2. The van der Waals surface area contributed by atoms with E-state index >= 15 is 0 Å². The summed E-state index contributed by atoms with van der Waals surface area (Å²) in [5.41, 5.74) is 2.47. The molecule has 1 amide bonds. The Kier molecular flexibility index (Phi) is 9.38. The van der Waals surface area contributed by atoms with Gasteiger partial charge in [-0.05, 0) is 89.6 Å². The minimum Gasteiger partial charge on any atom is -0.482 e. The van der Waals surface area contributed by atoms with E-state index in [2.05, 4.69) is 15.5 Å². The number of aromatic nitrogens is 3. The fourth-order valence-corrected chi connectivity index (χ4v) is 6.76. The first-order valence-corrected chi connectivity index (χ1v) is 15.0. The Morgan fingerprint density at radius 2 is 1.97 bits per heavy atom. The van der Waals surface area contributed by atoms with E-state index in [1.165, 1.54) is 23.1 Å². The lowest BCUT2D eigenvalue weighted by atomic mass is 9.95. The number of thioether (sulfide) groups is 1. The Morgan fingerprint density at radius 1 is 1.21 bits per heavy atom. The number of amides is 1.